The van der Waals surface area contributed by atoms with Gasteiger partial charge in [0.05, 0.1) is 5.75 Å². The van der Waals surface area contributed by atoms with E-state index in [0.717, 1.165) is 10.5 Å². The zero-order valence-corrected chi connectivity index (χ0v) is 11.2. The summed E-state index contributed by atoms with van der Waals surface area (Å²) < 4.78 is 0. The normalized spacial score (nSPS) is 10.1. The average Bonchev–Trinajstić information content (AvgIpc) is 2.45. The standard InChI is InChI=1S/C15H15NO2S/c17-13-6-8-14(9-7-13)19-11-15(18)16-10-12-4-2-1-3-5-12/h1-9,17H,10-11H2,(H,16,18). The number of amides is 1. The molecule has 2 N–H and O–H groups in total. The lowest BCUT2D eigenvalue weighted by Crippen LogP contribution is -2.24. The molecule has 98 valence electrons. The number of thioether (sulfide) groups is 1. The van der Waals surface area contributed by atoms with Crippen molar-refractivity contribution in [1.29, 1.82) is 0 Å². The highest BCUT2D eigenvalue weighted by atomic mass is 32.2. The van der Waals surface area contributed by atoms with Crippen LogP contribution in [0.15, 0.2) is 59.5 Å². The minimum absolute atomic E-state index is 0.00179. The molecule has 0 atom stereocenters. The van der Waals surface area contributed by atoms with Crippen LogP contribution in [-0.2, 0) is 11.3 Å². The average molecular weight is 273 g/mol. The van der Waals surface area contributed by atoms with Crippen LogP contribution in [0.3, 0.4) is 0 Å². The van der Waals surface area contributed by atoms with Gasteiger partial charge in [-0.2, -0.15) is 0 Å². The molecule has 0 saturated heterocycles. The quantitative estimate of drug-likeness (QED) is 0.824. The van der Waals surface area contributed by atoms with Crippen molar-refractivity contribution in [3.05, 3.63) is 60.2 Å². The second kappa shape index (κ2) is 6.85. The van der Waals surface area contributed by atoms with Gasteiger partial charge in [0.15, 0.2) is 0 Å². The molecule has 0 aliphatic rings. The van der Waals surface area contributed by atoms with Crippen molar-refractivity contribution < 1.29 is 9.90 Å². The van der Waals surface area contributed by atoms with Gasteiger partial charge < -0.3 is 10.4 Å². The van der Waals surface area contributed by atoms with Crippen molar-refractivity contribution in [1.82, 2.24) is 5.32 Å². The lowest BCUT2D eigenvalue weighted by molar-refractivity contribution is -0.118. The molecule has 0 spiro atoms. The second-order valence-electron chi connectivity index (χ2n) is 4.04. The van der Waals surface area contributed by atoms with Crippen LogP contribution < -0.4 is 5.32 Å². The minimum atomic E-state index is 0.00179. The van der Waals surface area contributed by atoms with Crippen molar-refractivity contribution in [2.24, 2.45) is 0 Å². The SMILES string of the molecule is O=C(CSc1ccc(O)cc1)NCc1ccccc1. The molecule has 2 rings (SSSR count). The molecule has 0 aliphatic carbocycles. The number of carbonyl (C=O) groups excluding carboxylic acids is 1. The molecule has 1 amide bonds. The Hall–Kier alpha value is -1.94. The highest BCUT2D eigenvalue weighted by Gasteiger charge is 2.02. The maximum atomic E-state index is 11.7. The molecule has 19 heavy (non-hydrogen) atoms. The van der Waals surface area contributed by atoms with Crippen LogP contribution in [0.5, 0.6) is 5.75 Å². The Morgan fingerprint density at radius 3 is 2.42 bits per heavy atom. The molecule has 0 aliphatic heterocycles. The molecule has 0 radical (unpaired) electrons. The number of hydrogen-bond acceptors (Lipinski definition) is 3. The van der Waals surface area contributed by atoms with Gasteiger partial charge in [-0.05, 0) is 29.8 Å². The molecule has 0 fully saturated rings. The Kier molecular flexibility index (Phi) is 4.86. The number of hydrogen-bond donors (Lipinski definition) is 2. The highest BCUT2D eigenvalue weighted by molar-refractivity contribution is 8.00. The van der Waals surface area contributed by atoms with Gasteiger partial charge in [0.1, 0.15) is 5.75 Å². The Balaban J connectivity index is 1.74. The van der Waals surface area contributed by atoms with Crippen molar-refractivity contribution in [2.75, 3.05) is 5.75 Å². The Morgan fingerprint density at radius 2 is 1.74 bits per heavy atom. The summed E-state index contributed by atoms with van der Waals surface area (Å²) in [6.45, 7) is 0.551. The molecule has 2 aromatic rings. The molecule has 0 bridgehead atoms. The lowest BCUT2D eigenvalue weighted by Gasteiger charge is -2.05. The predicted molar refractivity (Wildman–Crippen MR) is 77.1 cm³/mol. The first-order valence-corrected chi connectivity index (χ1v) is 6.95. The number of aromatic hydroxyl groups is 1. The summed E-state index contributed by atoms with van der Waals surface area (Å²) in [5, 5.41) is 12.0. The van der Waals surface area contributed by atoms with Gasteiger partial charge in [-0.15, -0.1) is 11.8 Å². The summed E-state index contributed by atoms with van der Waals surface area (Å²) in [5.41, 5.74) is 1.09. The Labute approximate surface area is 116 Å². The smallest absolute Gasteiger partial charge is 0.230 e. The molecular formula is C15H15NO2S. The van der Waals surface area contributed by atoms with Crippen LogP contribution in [0.25, 0.3) is 0 Å². The van der Waals surface area contributed by atoms with E-state index in [1.54, 1.807) is 24.3 Å². The van der Waals surface area contributed by atoms with Crippen LogP contribution in [0.1, 0.15) is 5.56 Å². The minimum Gasteiger partial charge on any atom is -0.508 e. The molecular weight excluding hydrogens is 258 g/mol. The van der Waals surface area contributed by atoms with E-state index < -0.39 is 0 Å². The highest BCUT2D eigenvalue weighted by Crippen LogP contribution is 2.20. The van der Waals surface area contributed by atoms with Gasteiger partial charge in [0.25, 0.3) is 0 Å². The van der Waals surface area contributed by atoms with Gasteiger partial charge in [0.2, 0.25) is 5.91 Å². The molecule has 2 aromatic carbocycles. The summed E-state index contributed by atoms with van der Waals surface area (Å²) in [6.07, 6.45) is 0. The fraction of sp³-hybridized carbons (Fsp3) is 0.133. The first-order chi connectivity index (χ1) is 9.24. The monoisotopic (exact) mass is 273 g/mol. The molecule has 0 heterocycles. The zero-order chi connectivity index (χ0) is 13.5. The fourth-order valence-electron chi connectivity index (χ4n) is 1.54. The summed E-state index contributed by atoms with van der Waals surface area (Å²) in [7, 11) is 0. The molecule has 0 saturated carbocycles. The van der Waals surface area contributed by atoms with E-state index in [4.69, 9.17) is 5.11 Å². The third-order valence-electron chi connectivity index (χ3n) is 2.54. The number of nitrogens with one attached hydrogen (secondary N) is 1. The number of benzene rings is 2. The molecule has 3 nitrogen and oxygen atoms in total. The zero-order valence-electron chi connectivity index (χ0n) is 10.4. The van der Waals surface area contributed by atoms with Crippen LogP contribution in [0, 0.1) is 0 Å². The lowest BCUT2D eigenvalue weighted by atomic mass is 10.2. The van der Waals surface area contributed by atoms with Crippen molar-refractivity contribution in [3.8, 4) is 5.75 Å². The van der Waals surface area contributed by atoms with Crippen molar-refractivity contribution in [2.45, 2.75) is 11.4 Å². The first-order valence-electron chi connectivity index (χ1n) is 5.96. The predicted octanol–water partition coefficient (Wildman–Crippen LogP) is 2.80. The maximum absolute atomic E-state index is 11.7. The second-order valence-corrected chi connectivity index (χ2v) is 5.09. The number of phenolic OH excluding ortho intramolecular Hbond substituents is 1. The molecule has 0 unspecified atom stereocenters. The maximum Gasteiger partial charge on any atom is 0.230 e. The van der Waals surface area contributed by atoms with Crippen molar-refractivity contribution >= 4 is 17.7 Å². The number of rotatable bonds is 5. The molecule has 0 aromatic heterocycles. The van der Waals surface area contributed by atoms with Gasteiger partial charge >= 0.3 is 0 Å². The Bertz CT molecular complexity index is 526. The van der Waals surface area contributed by atoms with E-state index in [2.05, 4.69) is 5.32 Å². The van der Waals surface area contributed by atoms with Crippen LogP contribution in [0.4, 0.5) is 0 Å². The fourth-order valence-corrected chi connectivity index (χ4v) is 2.27. The van der Waals surface area contributed by atoms with Gasteiger partial charge in [-0.25, -0.2) is 0 Å². The van der Waals surface area contributed by atoms with E-state index in [1.165, 1.54) is 11.8 Å². The summed E-state index contributed by atoms with van der Waals surface area (Å²) >= 11 is 1.45. The largest absolute Gasteiger partial charge is 0.508 e. The van der Waals surface area contributed by atoms with E-state index >= 15 is 0 Å². The summed E-state index contributed by atoms with van der Waals surface area (Å²) in [4.78, 5) is 12.6. The van der Waals surface area contributed by atoms with E-state index in [9.17, 15) is 4.79 Å². The van der Waals surface area contributed by atoms with E-state index in [-0.39, 0.29) is 11.7 Å². The van der Waals surface area contributed by atoms with Gasteiger partial charge in [0, 0.05) is 11.4 Å². The number of carbonyl (C=O) groups is 1. The Morgan fingerprint density at radius 1 is 1.05 bits per heavy atom. The number of phenols is 1. The first kappa shape index (κ1) is 13.5. The van der Waals surface area contributed by atoms with Crippen molar-refractivity contribution in [3.63, 3.8) is 0 Å². The molecule has 4 heteroatoms. The van der Waals surface area contributed by atoms with Gasteiger partial charge in [-0.3, -0.25) is 4.79 Å². The van der Waals surface area contributed by atoms with Crippen LogP contribution in [0.2, 0.25) is 0 Å². The summed E-state index contributed by atoms with van der Waals surface area (Å²) in [6, 6.07) is 16.6. The van der Waals surface area contributed by atoms with Crippen LogP contribution in [-0.4, -0.2) is 16.8 Å². The third-order valence-corrected chi connectivity index (χ3v) is 3.55. The third kappa shape index (κ3) is 4.67. The summed E-state index contributed by atoms with van der Waals surface area (Å²) in [5.74, 6) is 0.609. The topological polar surface area (TPSA) is 49.3 Å². The van der Waals surface area contributed by atoms with E-state index in [0.29, 0.717) is 12.3 Å². The van der Waals surface area contributed by atoms with Gasteiger partial charge in [-0.1, -0.05) is 30.3 Å². The van der Waals surface area contributed by atoms with E-state index in [1.807, 2.05) is 30.3 Å². The van der Waals surface area contributed by atoms with Crippen LogP contribution >= 0.6 is 11.8 Å².